The molecular weight excluding hydrogens is 287 g/mol. The van der Waals surface area contributed by atoms with E-state index in [1.165, 1.54) is 12.3 Å². The largest absolute Gasteiger partial charge is 0.478 e. The first kappa shape index (κ1) is 13.6. The van der Waals surface area contributed by atoms with Gasteiger partial charge in [0.25, 0.3) is 0 Å². The number of nitrogens with one attached hydrogen (secondary N) is 1. The van der Waals surface area contributed by atoms with Crippen molar-refractivity contribution in [1.29, 1.82) is 0 Å². The molecule has 0 aliphatic carbocycles. The smallest absolute Gasteiger partial charge is 0.337 e. The van der Waals surface area contributed by atoms with Crippen molar-refractivity contribution in [3.63, 3.8) is 0 Å². The first-order valence-corrected chi connectivity index (χ1v) is 6.19. The summed E-state index contributed by atoms with van der Waals surface area (Å²) in [6, 6.07) is 8.28. The van der Waals surface area contributed by atoms with Gasteiger partial charge in [-0.1, -0.05) is 23.2 Å². The highest BCUT2D eigenvalue weighted by atomic mass is 35.5. The number of hydrogen-bond donors (Lipinski definition) is 2. The number of carboxylic acid groups (broad SMARTS) is 1. The molecule has 0 aliphatic heterocycles. The number of benzene rings is 1. The molecule has 1 aromatic carbocycles. The first-order chi connectivity index (χ1) is 9.06. The van der Waals surface area contributed by atoms with Gasteiger partial charge in [0.05, 0.1) is 28.5 Å². The highest BCUT2D eigenvalue weighted by molar-refractivity contribution is 6.35. The summed E-state index contributed by atoms with van der Waals surface area (Å²) < 4.78 is 0. The van der Waals surface area contributed by atoms with Gasteiger partial charge in [-0.2, -0.15) is 0 Å². The highest BCUT2D eigenvalue weighted by Gasteiger charge is 2.04. The lowest BCUT2D eigenvalue weighted by molar-refractivity contribution is 0.0696. The summed E-state index contributed by atoms with van der Waals surface area (Å²) in [5, 5.41) is 13.0. The van der Waals surface area contributed by atoms with E-state index in [1.807, 2.05) is 0 Å². The fraction of sp³-hybridized carbons (Fsp3) is 0.0769. The van der Waals surface area contributed by atoms with Crippen LogP contribution in [-0.2, 0) is 6.54 Å². The van der Waals surface area contributed by atoms with E-state index in [4.69, 9.17) is 28.3 Å². The molecule has 19 heavy (non-hydrogen) atoms. The van der Waals surface area contributed by atoms with Gasteiger partial charge in [0, 0.05) is 11.2 Å². The number of aromatic nitrogens is 1. The Hall–Kier alpha value is -1.78. The molecule has 0 aliphatic rings. The van der Waals surface area contributed by atoms with E-state index in [0.29, 0.717) is 28.0 Å². The maximum atomic E-state index is 10.7. The van der Waals surface area contributed by atoms with Crippen LogP contribution in [0, 0.1) is 0 Å². The number of pyridine rings is 1. The molecule has 0 unspecified atom stereocenters. The van der Waals surface area contributed by atoms with Crippen molar-refractivity contribution in [3.8, 4) is 0 Å². The van der Waals surface area contributed by atoms with E-state index in [9.17, 15) is 4.79 Å². The minimum Gasteiger partial charge on any atom is -0.478 e. The Morgan fingerprint density at radius 1 is 1.26 bits per heavy atom. The zero-order valence-corrected chi connectivity index (χ0v) is 11.2. The Kier molecular flexibility index (Phi) is 4.24. The molecule has 0 saturated heterocycles. The lowest BCUT2D eigenvalue weighted by Crippen LogP contribution is -2.04. The van der Waals surface area contributed by atoms with E-state index < -0.39 is 5.97 Å². The van der Waals surface area contributed by atoms with E-state index in [0.717, 1.165) is 0 Å². The summed E-state index contributed by atoms with van der Waals surface area (Å²) in [6.07, 6.45) is 1.32. The fourth-order valence-corrected chi connectivity index (χ4v) is 1.83. The average Bonchev–Trinajstić information content (AvgIpc) is 2.40. The number of carboxylic acids is 1. The molecule has 2 N–H and O–H groups in total. The Morgan fingerprint density at radius 2 is 2.05 bits per heavy atom. The minimum absolute atomic E-state index is 0.157. The van der Waals surface area contributed by atoms with Crippen molar-refractivity contribution in [2.24, 2.45) is 0 Å². The van der Waals surface area contributed by atoms with Gasteiger partial charge < -0.3 is 10.4 Å². The van der Waals surface area contributed by atoms with Gasteiger partial charge in [0.2, 0.25) is 0 Å². The van der Waals surface area contributed by atoms with Crippen molar-refractivity contribution in [2.45, 2.75) is 6.54 Å². The lowest BCUT2D eigenvalue weighted by Gasteiger charge is -2.08. The van der Waals surface area contributed by atoms with Crippen LogP contribution in [0.3, 0.4) is 0 Å². The molecule has 4 nitrogen and oxygen atoms in total. The summed E-state index contributed by atoms with van der Waals surface area (Å²) >= 11 is 11.9. The number of anilines is 1. The van der Waals surface area contributed by atoms with Crippen LogP contribution in [0.25, 0.3) is 0 Å². The average molecular weight is 297 g/mol. The molecule has 2 aromatic rings. The van der Waals surface area contributed by atoms with Crippen LogP contribution < -0.4 is 5.32 Å². The molecular formula is C13H10Cl2N2O2. The van der Waals surface area contributed by atoms with E-state index in [1.54, 1.807) is 24.3 Å². The second-order valence-electron chi connectivity index (χ2n) is 3.82. The molecule has 0 atom stereocenters. The molecule has 0 amide bonds. The fourth-order valence-electron chi connectivity index (χ4n) is 1.47. The predicted molar refractivity (Wildman–Crippen MR) is 75.0 cm³/mol. The third kappa shape index (κ3) is 3.59. The lowest BCUT2D eigenvalue weighted by atomic mass is 10.2. The SMILES string of the molecule is O=C(O)c1ccc(CNc2cc(Cl)ccc2Cl)nc1. The zero-order chi connectivity index (χ0) is 13.8. The third-order valence-electron chi connectivity index (χ3n) is 2.46. The highest BCUT2D eigenvalue weighted by Crippen LogP contribution is 2.25. The maximum Gasteiger partial charge on any atom is 0.337 e. The van der Waals surface area contributed by atoms with Crippen LogP contribution in [-0.4, -0.2) is 16.1 Å². The number of rotatable bonds is 4. The second-order valence-corrected chi connectivity index (χ2v) is 4.66. The summed E-state index contributed by atoms with van der Waals surface area (Å²) in [5.41, 5.74) is 1.57. The van der Waals surface area contributed by atoms with Crippen LogP contribution >= 0.6 is 23.2 Å². The molecule has 2 rings (SSSR count). The third-order valence-corrected chi connectivity index (χ3v) is 3.02. The zero-order valence-electron chi connectivity index (χ0n) is 9.73. The Morgan fingerprint density at radius 3 is 2.68 bits per heavy atom. The Bertz CT molecular complexity index is 600. The van der Waals surface area contributed by atoms with Crippen molar-refractivity contribution in [1.82, 2.24) is 4.98 Å². The monoisotopic (exact) mass is 296 g/mol. The van der Waals surface area contributed by atoms with Gasteiger partial charge >= 0.3 is 5.97 Å². The quantitative estimate of drug-likeness (QED) is 0.903. The van der Waals surface area contributed by atoms with Crippen molar-refractivity contribution >= 4 is 34.9 Å². The molecule has 0 spiro atoms. The maximum absolute atomic E-state index is 10.7. The number of carbonyl (C=O) groups is 1. The summed E-state index contributed by atoms with van der Waals surface area (Å²) in [5.74, 6) is -0.995. The van der Waals surface area contributed by atoms with Gasteiger partial charge in [0.15, 0.2) is 0 Å². The number of aromatic carboxylic acids is 1. The standard InChI is InChI=1S/C13H10Cl2N2O2/c14-9-2-4-11(15)12(5-9)17-7-10-3-1-8(6-16-10)13(18)19/h1-6,17H,7H2,(H,18,19). The van der Waals surface area contributed by atoms with Gasteiger partial charge in [-0.15, -0.1) is 0 Å². The van der Waals surface area contributed by atoms with Crippen LogP contribution in [0.5, 0.6) is 0 Å². The van der Waals surface area contributed by atoms with E-state index in [2.05, 4.69) is 10.3 Å². The normalized spacial score (nSPS) is 10.2. The molecule has 98 valence electrons. The molecule has 0 fully saturated rings. The Balaban J connectivity index is 2.06. The topological polar surface area (TPSA) is 62.2 Å². The predicted octanol–water partition coefficient (Wildman–Crippen LogP) is 3.70. The summed E-state index contributed by atoms with van der Waals surface area (Å²) in [4.78, 5) is 14.7. The minimum atomic E-state index is -0.995. The van der Waals surface area contributed by atoms with Gasteiger partial charge in [0.1, 0.15) is 0 Å². The number of halogens is 2. The molecule has 6 heteroatoms. The van der Waals surface area contributed by atoms with Crippen LogP contribution in [0.1, 0.15) is 16.1 Å². The summed E-state index contributed by atoms with van der Waals surface area (Å²) in [7, 11) is 0. The number of hydrogen-bond acceptors (Lipinski definition) is 3. The van der Waals surface area contributed by atoms with Crippen LogP contribution in [0.4, 0.5) is 5.69 Å². The van der Waals surface area contributed by atoms with Crippen molar-refractivity contribution in [2.75, 3.05) is 5.32 Å². The second kappa shape index (κ2) is 5.91. The number of nitrogens with zero attached hydrogens (tertiary/aromatic N) is 1. The Labute approximate surface area is 120 Å². The molecule has 0 radical (unpaired) electrons. The van der Waals surface area contributed by atoms with E-state index in [-0.39, 0.29) is 5.56 Å². The van der Waals surface area contributed by atoms with Gasteiger partial charge in [-0.05, 0) is 30.3 Å². The first-order valence-electron chi connectivity index (χ1n) is 5.43. The van der Waals surface area contributed by atoms with Crippen molar-refractivity contribution in [3.05, 3.63) is 57.8 Å². The van der Waals surface area contributed by atoms with Gasteiger partial charge in [-0.25, -0.2) is 4.79 Å². The van der Waals surface area contributed by atoms with Crippen molar-refractivity contribution < 1.29 is 9.90 Å². The molecule has 1 heterocycles. The van der Waals surface area contributed by atoms with Crippen LogP contribution in [0.2, 0.25) is 10.0 Å². The van der Waals surface area contributed by atoms with E-state index >= 15 is 0 Å². The summed E-state index contributed by atoms with van der Waals surface area (Å²) in [6.45, 7) is 0.431. The molecule has 0 bridgehead atoms. The van der Waals surface area contributed by atoms with Crippen LogP contribution in [0.15, 0.2) is 36.5 Å². The molecule has 1 aromatic heterocycles. The van der Waals surface area contributed by atoms with Gasteiger partial charge in [-0.3, -0.25) is 4.98 Å². The molecule has 0 saturated carbocycles.